The number of benzene rings is 1. The highest BCUT2D eigenvalue weighted by atomic mass is 79.9. The zero-order valence-corrected chi connectivity index (χ0v) is 13.0. The van der Waals surface area contributed by atoms with E-state index < -0.39 is 0 Å². The Balaban J connectivity index is 1.91. The van der Waals surface area contributed by atoms with Gasteiger partial charge in [-0.1, -0.05) is 34.1 Å². The van der Waals surface area contributed by atoms with Crippen LogP contribution >= 0.6 is 15.9 Å². The predicted octanol–water partition coefficient (Wildman–Crippen LogP) is 1.94. The van der Waals surface area contributed by atoms with Crippen LogP contribution in [0, 0.1) is 0 Å². The molecule has 0 spiro atoms. The lowest BCUT2D eigenvalue weighted by Gasteiger charge is -2.37. The lowest BCUT2D eigenvalue weighted by atomic mass is 9.98. The Morgan fingerprint density at radius 3 is 2.85 bits per heavy atom. The Labute approximate surface area is 126 Å². The highest BCUT2D eigenvalue weighted by Crippen LogP contribution is 2.31. The summed E-state index contributed by atoms with van der Waals surface area (Å²) in [5.41, 5.74) is 7.49. The maximum absolute atomic E-state index is 6.26. The average molecular weight is 336 g/mol. The molecule has 0 bridgehead atoms. The van der Waals surface area contributed by atoms with Gasteiger partial charge in [-0.05, 0) is 18.6 Å². The summed E-state index contributed by atoms with van der Waals surface area (Å²) in [5.74, 6) is 1.01. The average Bonchev–Trinajstić information content (AvgIpc) is 2.88. The van der Waals surface area contributed by atoms with E-state index in [-0.39, 0.29) is 12.1 Å². The van der Waals surface area contributed by atoms with E-state index in [0.717, 1.165) is 29.9 Å². The van der Waals surface area contributed by atoms with Crippen LogP contribution in [-0.4, -0.2) is 32.3 Å². The number of aromatic nitrogens is 3. The van der Waals surface area contributed by atoms with E-state index in [2.05, 4.69) is 60.7 Å². The molecule has 1 aliphatic rings. The smallest absolute Gasteiger partial charge is 0.147 e. The molecule has 0 fully saturated rings. The molecule has 6 heteroatoms. The molecule has 1 aliphatic heterocycles. The molecular formula is C14H18BrN5. The van der Waals surface area contributed by atoms with Crippen LogP contribution in [0.15, 0.2) is 35.1 Å². The second kappa shape index (κ2) is 5.63. The fraction of sp³-hybridized carbons (Fsp3) is 0.429. The van der Waals surface area contributed by atoms with Gasteiger partial charge in [0.1, 0.15) is 12.2 Å². The van der Waals surface area contributed by atoms with Crippen molar-refractivity contribution < 1.29 is 0 Å². The predicted molar refractivity (Wildman–Crippen MR) is 81.0 cm³/mol. The molecule has 2 N–H and O–H groups in total. The first-order valence-corrected chi connectivity index (χ1v) is 7.57. The van der Waals surface area contributed by atoms with E-state index in [1.165, 1.54) is 5.56 Å². The molecule has 0 aliphatic carbocycles. The molecule has 0 saturated heterocycles. The first-order chi connectivity index (χ1) is 9.66. The number of rotatable bonds is 3. The van der Waals surface area contributed by atoms with Gasteiger partial charge in [-0.15, -0.1) is 10.2 Å². The maximum atomic E-state index is 6.26. The molecule has 2 atom stereocenters. The van der Waals surface area contributed by atoms with Gasteiger partial charge in [0.2, 0.25) is 0 Å². The van der Waals surface area contributed by atoms with Crippen LogP contribution in [0.3, 0.4) is 0 Å². The molecule has 1 aromatic heterocycles. The summed E-state index contributed by atoms with van der Waals surface area (Å²) >= 11 is 3.64. The highest BCUT2D eigenvalue weighted by Gasteiger charge is 2.29. The highest BCUT2D eigenvalue weighted by molar-refractivity contribution is 9.10. The van der Waals surface area contributed by atoms with Crippen LogP contribution < -0.4 is 5.73 Å². The van der Waals surface area contributed by atoms with E-state index in [4.69, 9.17) is 5.73 Å². The lowest BCUT2D eigenvalue weighted by molar-refractivity contribution is 0.135. The third kappa shape index (κ3) is 2.51. The van der Waals surface area contributed by atoms with Crippen LogP contribution in [0.2, 0.25) is 0 Å². The van der Waals surface area contributed by atoms with Gasteiger partial charge in [0.15, 0.2) is 0 Å². The summed E-state index contributed by atoms with van der Waals surface area (Å²) < 4.78 is 3.21. The molecule has 5 nitrogen and oxygen atoms in total. The zero-order chi connectivity index (χ0) is 14.1. The van der Waals surface area contributed by atoms with Crippen molar-refractivity contribution in [2.45, 2.75) is 32.1 Å². The van der Waals surface area contributed by atoms with Crippen LogP contribution in [0.5, 0.6) is 0 Å². The molecule has 2 aromatic rings. The summed E-state index contributed by atoms with van der Waals surface area (Å²) in [6, 6.07) is 8.51. The van der Waals surface area contributed by atoms with Gasteiger partial charge < -0.3 is 10.3 Å². The Morgan fingerprint density at radius 2 is 2.10 bits per heavy atom. The van der Waals surface area contributed by atoms with Gasteiger partial charge in [-0.3, -0.25) is 4.90 Å². The molecule has 3 rings (SSSR count). The molecule has 20 heavy (non-hydrogen) atoms. The van der Waals surface area contributed by atoms with E-state index >= 15 is 0 Å². The summed E-state index contributed by atoms with van der Waals surface area (Å²) in [6.07, 6.45) is 1.80. The number of hydrogen-bond donors (Lipinski definition) is 1. The van der Waals surface area contributed by atoms with Crippen LogP contribution in [0.1, 0.15) is 24.4 Å². The van der Waals surface area contributed by atoms with Gasteiger partial charge in [0, 0.05) is 23.6 Å². The number of fused-ring (bicyclic) bond motifs is 1. The zero-order valence-electron chi connectivity index (χ0n) is 11.4. The van der Waals surface area contributed by atoms with Crippen LogP contribution in [0.4, 0.5) is 0 Å². The minimum Gasteiger partial charge on any atom is -0.326 e. The van der Waals surface area contributed by atoms with Gasteiger partial charge in [-0.25, -0.2) is 0 Å². The molecule has 1 aromatic carbocycles. The number of nitrogens with zero attached hydrogens (tertiary/aromatic N) is 4. The first kappa shape index (κ1) is 13.7. The van der Waals surface area contributed by atoms with Crippen molar-refractivity contribution in [2.24, 2.45) is 5.73 Å². The van der Waals surface area contributed by atoms with E-state index in [9.17, 15) is 0 Å². The normalized spacial score (nSPS) is 18.6. The van der Waals surface area contributed by atoms with Gasteiger partial charge in [0.25, 0.3) is 0 Å². The number of hydrogen-bond acceptors (Lipinski definition) is 4. The summed E-state index contributed by atoms with van der Waals surface area (Å²) in [7, 11) is 0. The first-order valence-electron chi connectivity index (χ1n) is 6.77. The second-order valence-electron chi connectivity index (χ2n) is 5.24. The Hall–Kier alpha value is -1.24. The molecular weight excluding hydrogens is 318 g/mol. The van der Waals surface area contributed by atoms with E-state index in [0.29, 0.717) is 0 Å². The van der Waals surface area contributed by atoms with Gasteiger partial charge in [0.05, 0.1) is 12.6 Å². The van der Waals surface area contributed by atoms with Crippen molar-refractivity contribution in [1.29, 1.82) is 0 Å². The topological polar surface area (TPSA) is 60.0 Å². The minimum atomic E-state index is 0.0446. The lowest BCUT2D eigenvalue weighted by Crippen LogP contribution is -2.43. The molecule has 2 heterocycles. The number of nitrogens with two attached hydrogens (primary N) is 1. The summed E-state index contributed by atoms with van der Waals surface area (Å²) in [6.45, 7) is 4.71. The van der Waals surface area contributed by atoms with Crippen molar-refractivity contribution in [3.05, 3.63) is 46.5 Å². The van der Waals surface area contributed by atoms with Gasteiger partial charge in [-0.2, -0.15) is 0 Å². The van der Waals surface area contributed by atoms with Crippen molar-refractivity contribution in [3.8, 4) is 0 Å². The van der Waals surface area contributed by atoms with Crippen molar-refractivity contribution in [2.75, 3.05) is 6.54 Å². The summed E-state index contributed by atoms with van der Waals surface area (Å²) in [4.78, 5) is 2.38. The van der Waals surface area contributed by atoms with Crippen LogP contribution in [-0.2, 0) is 13.1 Å². The van der Waals surface area contributed by atoms with Crippen LogP contribution in [0.25, 0.3) is 0 Å². The molecule has 106 valence electrons. The molecule has 0 amide bonds. The third-order valence-electron chi connectivity index (χ3n) is 3.78. The summed E-state index contributed by atoms with van der Waals surface area (Å²) in [5, 5.41) is 8.16. The maximum Gasteiger partial charge on any atom is 0.147 e. The third-order valence-corrected chi connectivity index (χ3v) is 4.51. The monoisotopic (exact) mass is 335 g/mol. The SMILES string of the molecule is CC(N)C(c1ccccc1Br)N1CCn2cnnc2C1. The molecule has 0 saturated carbocycles. The Bertz CT molecular complexity index is 595. The Morgan fingerprint density at radius 1 is 1.30 bits per heavy atom. The van der Waals surface area contributed by atoms with E-state index in [1.807, 2.05) is 6.07 Å². The van der Waals surface area contributed by atoms with Gasteiger partial charge >= 0.3 is 0 Å². The second-order valence-corrected chi connectivity index (χ2v) is 6.09. The fourth-order valence-electron chi connectivity index (χ4n) is 2.85. The molecule has 2 unspecified atom stereocenters. The standard InChI is InChI=1S/C14H18BrN5/c1-10(16)14(11-4-2-3-5-12(11)15)19-6-7-20-9-17-18-13(20)8-19/h2-5,9-10,14H,6-8,16H2,1H3. The van der Waals surface area contributed by atoms with Crippen molar-refractivity contribution in [1.82, 2.24) is 19.7 Å². The quantitative estimate of drug-likeness (QED) is 0.931. The minimum absolute atomic E-state index is 0.0446. The fourth-order valence-corrected chi connectivity index (χ4v) is 3.37. The van der Waals surface area contributed by atoms with Crippen molar-refractivity contribution in [3.63, 3.8) is 0 Å². The number of halogens is 1. The van der Waals surface area contributed by atoms with E-state index in [1.54, 1.807) is 6.33 Å². The largest absolute Gasteiger partial charge is 0.326 e. The Kier molecular flexibility index (Phi) is 3.87. The molecule has 0 radical (unpaired) electrons. The van der Waals surface area contributed by atoms with Crippen molar-refractivity contribution >= 4 is 15.9 Å².